The van der Waals surface area contributed by atoms with Gasteiger partial charge in [0.2, 0.25) is 5.75 Å². The number of hydrogen-bond donors (Lipinski definition) is 2. The number of aromatic hydroxyl groups is 1. The van der Waals surface area contributed by atoms with Crippen LogP contribution in [0.15, 0.2) is 41.6 Å². The Hall–Kier alpha value is -3.49. The molecule has 1 heterocycles. The van der Waals surface area contributed by atoms with Crippen molar-refractivity contribution >= 4 is 17.8 Å². The van der Waals surface area contributed by atoms with Gasteiger partial charge in [-0.2, -0.15) is 5.10 Å². The standard InChI is InChI=1S/C15H14N4O5/c1-2-24-13-8-10(7-12(14(13)20)19(22)23)9-17-18-15(21)11-5-3-4-6-16-11/h3-9,20H,2H2,1H3,(H,18,21)/b17-9-. The Balaban J connectivity index is 2.19. The molecular formula is C15H14N4O5. The smallest absolute Gasteiger partial charge is 0.315 e. The van der Waals surface area contributed by atoms with Crippen LogP contribution in [0.1, 0.15) is 23.0 Å². The lowest BCUT2D eigenvalue weighted by molar-refractivity contribution is -0.386. The Labute approximate surface area is 136 Å². The number of rotatable bonds is 6. The first-order chi connectivity index (χ1) is 11.5. The fourth-order valence-electron chi connectivity index (χ4n) is 1.81. The maximum Gasteiger partial charge on any atom is 0.315 e. The second-order valence-electron chi connectivity index (χ2n) is 4.49. The fourth-order valence-corrected chi connectivity index (χ4v) is 1.81. The number of hydrazone groups is 1. The van der Waals surface area contributed by atoms with Crippen LogP contribution in [-0.2, 0) is 0 Å². The number of nitro groups is 1. The number of benzene rings is 1. The molecule has 24 heavy (non-hydrogen) atoms. The van der Waals surface area contributed by atoms with Crippen LogP contribution in [0.5, 0.6) is 11.5 Å². The summed E-state index contributed by atoms with van der Waals surface area (Å²) in [7, 11) is 0. The molecule has 0 fully saturated rings. The van der Waals surface area contributed by atoms with E-state index >= 15 is 0 Å². The van der Waals surface area contributed by atoms with Gasteiger partial charge in [-0.05, 0) is 25.1 Å². The molecule has 9 heteroatoms. The van der Waals surface area contributed by atoms with Gasteiger partial charge in [0.25, 0.3) is 5.91 Å². The fraction of sp³-hybridized carbons (Fsp3) is 0.133. The SMILES string of the molecule is CCOc1cc(/C=N\NC(=O)c2ccccn2)cc([N+](=O)[O-])c1O. The molecule has 0 radical (unpaired) electrons. The van der Waals surface area contributed by atoms with Gasteiger partial charge in [-0.25, -0.2) is 5.43 Å². The van der Waals surface area contributed by atoms with Gasteiger partial charge in [-0.3, -0.25) is 19.9 Å². The lowest BCUT2D eigenvalue weighted by Crippen LogP contribution is -2.18. The van der Waals surface area contributed by atoms with E-state index in [1.165, 1.54) is 24.5 Å². The van der Waals surface area contributed by atoms with Crippen molar-refractivity contribution in [2.24, 2.45) is 5.10 Å². The summed E-state index contributed by atoms with van der Waals surface area (Å²) in [6.45, 7) is 1.90. The molecule has 2 rings (SSSR count). The molecule has 1 amide bonds. The van der Waals surface area contributed by atoms with Crippen LogP contribution >= 0.6 is 0 Å². The van der Waals surface area contributed by atoms with Crippen molar-refractivity contribution in [1.29, 1.82) is 0 Å². The first-order valence-electron chi connectivity index (χ1n) is 6.91. The quantitative estimate of drug-likeness (QED) is 0.473. The Bertz CT molecular complexity index is 777. The van der Waals surface area contributed by atoms with Gasteiger partial charge in [0, 0.05) is 17.8 Å². The minimum Gasteiger partial charge on any atom is -0.500 e. The first-order valence-corrected chi connectivity index (χ1v) is 6.91. The third-order valence-corrected chi connectivity index (χ3v) is 2.85. The molecule has 0 aliphatic carbocycles. The summed E-state index contributed by atoms with van der Waals surface area (Å²) in [4.78, 5) is 25.9. The minimum absolute atomic E-state index is 0.0378. The highest BCUT2D eigenvalue weighted by Gasteiger charge is 2.19. The molecule has 2 aromatic rings. The van der Waals surface area contributed by atoms with Gasteiger partial charge in [0.1, 0.15) is 5.69 Å². The van der Waals surface area contributed by atoms with Crippen LogP contribution in [-0.4, -0.2) is 33.7 Å². The first kappa shape index (κ1) is 16.9. The molecule has 1 aromatic carbocycles. The zero-order chi connectivity index (χ0) is 17.5. The summed E-state index contributed by atoms with van der Waals surface area (Å²) in [6.07, 6.45) is 2.67. The number of carbonyl (C=O) groups is 1. The zero-order valence-electron chi connectivity index (χ0n) is 12.7. The van der Waals surface area contributed by atoms with Gasteiger partial charge in [0.05, 0.1) is 17.7 Å². The van der Waals surface area contributed by atoms with E-state index < -0.39 is 22.3 Å². The number of nitrogens with one attached hydrogen (secondary N) is 1. The summed E-state index contributed by atoms with van der Waals surface area (Å²) < 4.78 is 5.15. The molecule has 0 spiro atoms. The summed E-state index contributed by atoms with van der Waals surface area (Å²) in [5, 5.41) is 24.5. The number of nitro benzene ring substituents is 1. The normalized spacial score (nSPS) is 10.5. The maximum absolute atomic E-state index is 11.8. The van der Waals surface area contributed by atoms with E-state index in [0.717, 1.165) is 6.07 Å². The number of phenolic OH excluding ortho intramolecular Hbond substituents is 1. The zero-order valence-corrected chi connectivity index (χ0v) is 12.7. The van der Waals surface area contributed by atoms with Crippen molar-refractivity contribution in [2.45, 2.75) is 6.92 Å². The molecule has 2 N–H and O–H groups in total. The molecular weight excluding hydrogens is 316 g/mol. The lowest BCUT2D eigenvalue weighted by Gasteiger charge is -2.07. The number of phenols is 1. The van der Waals surface area contributed by atoms with Crippen molar-refractivity contribution in [3.8, 4) is 11.5 Å². The van der Waals surface area contributed by atoms with E-state index in [9.17, 15) is 20.0 Å². The van der Waals surface area contributed by atoms with Crippen molar-refractivity contribution in [3.63, 3.8) is 0 Å². The Morgan fingerprint density at radius 2 is 2.29 bits per heavy atom. The molecule has 0 bridgehead atoms. The predicted molar refractivity (Wildman–Crippen MR) is 85.2 cm³/mol. The van der Waals surface area contributed by atoms with E-state index in [1.807, 2.05) is 0 Å². The number of hydrogen-bond acceptors (Lipinski definition) is 7. The predicted octanol–water partition coefficient (Wildman–Crippen LogP) is 1.86. The molecule has 1 aromatic heterocycles. The molecule has 0 saturated carbocycles. The van der Waals surface area contributed by atoms with Gasteiger partial charge < -0.3 is 9.84 Å². The monoisotopic (exact) mass is 330 g/mol. The van der Waals surface area contributed by atoms with Crippen molar-refractivity contribution < 1.29 is 19.6 Å². The number of pyridine rings is 1. The van der Waals surface area contributed by atoms with Crippen LogP contribution < -0.4 is 10.2 Å². The Kier molecular flexibility index (Phi) is 5.40. The van der Waals surface area contributed by atoms with Gasteiger partial charge in [-0.15, -0.1) is 0 Å². The molecule has 0 aliphatic rings. The van der Waals surface area contributed by atoms with Crippen LogP contribution in [0.3, 0.4) is 0 Å². The Morgan fingerprint density at radius 3 is 2.92 bits per heavy atom. The summed E-state index contributed by atoms with van der Waals surface area (Å²) >= 11 is 0. The summed E-state index contributed by atoms with van der Waals surface area (Å²) in [6, 6.07) is 7.34. The van der Waals surface area contributed by atoms with Crippen LogP contribution in [0.4, 0.5) is 5.69 Å². The van der Waals surface area contributed by atoms with Crippen molar-refractivity contribution in [1.82, 2.24) is 10.4 Å². The molecule has 0 aliphatic heterocycles. The second kappa shape index (κ2) is 7.68. The van der Waals surface area contributed by atoms with E-state index in [-0.39, 0.29) is 23.6 Å². The van der Waals surface area contributed by atoms with Crippen LogP contribution in [0.2, 0.25) is 0 Å². The molecule has 9 nitrogen and oxygen atoms in total. The number of nitrogens with zero attached hydrogens (tertiary/aromatic N) is 3. The topological polar surface area (TPSA) is 127 Å². The minimum atomic E-state index is -0.734. The van der Waals surface area contributed by atoms with Gasteiger partial charge in [0.15, 0.2) is 5.75 Å². The highest BCUT2D eigenvalue weighted by atomic mass is 16.6. The molecule has 0 saturated heterocycles. The third kappa shape index (κ3) is 4.03. The van der Waals surface area contributed by atoms with Gasteiger partial charge >= 0.3 is 5.69 Å². The van der Waals surface area contributed by atoms with Crippen LogP contribution in [0.25, 0.3) is 0 Å². The third-order valence-electron chi connectivity index (χ3n) is 2.85. The molecule has 0 atom stereocenters. The van der Waals surface area contributed by atoms with Crippen molar-refractivity contribution in [2.75, 3.05) is 6.61 Å². The summed E-state index contributed by atoms with van der Waals surface area (Å²) in [5.41, 5.74) is 2.21. The number of ether oxygens (including phenoxy) is 1. The maximum atomic E-state index is 11.8. The highest BCUT2D eigenvalue weighted by Crippen LogP contribution is 2.36. The number of amides is 1. The van der Waals surface area contributed by atoms with E-state index in [0.29, 0.717) is 0 Å². The molecule has 124 valence electrons. The number of aromatic nitrogens is 1. The van der Waals surface area contributed by atoms with Crippen LogP contribution in [0, 0.1) is 10.1 Å². The largest absolute Gasteiger partial charge is 0.500 e. The van der Waals surface area contributed by atoms with Gasteiger partial charge in [-0.1, -0.05) is 6.07 Å². The summed E-state index contributed by atoms with van der Waals surface area (Å²) in [5.74, 6) is -1.12. The van der Waals surface area contributed by atoms with E-state index in [2.05, 4.69) is 15.5 Å². The van der Waals surface area contributed by atoms with E-state index in [1.54, 1.807) is 19.1 Å². The molecule has 0 unspecified atom stereocenters. The number of carbonyl (C=O) groups excluding carboxylic acids is 1. The second-order valence-corrected chi connectivity index (χ2v) is 4.49. The lowest BCUT2D eigenvalue weighted by atomic mass is 10.2. The van der Waals surface area contributed by atoms with E-state index in [4.69, 9.17) is 4.74 Å². The highest BCUT2D eigenvalue weighted by molar-refractivity contribution is 5.93. The van der Waals surface area contributed by atoms with Crippen molar-refractivity contribution in [3.05, 3.63) is 57.9 Å². The average molecular weight is 330 g/mol. The average Bonchev–Trinajstić information content (AvgIpc) is 2.58. The Morgan fingerprint density at radius 1 is 1.50 bits per heavy atom.